The van der Waals surface area contributed by atoms with Gasteiger partial charge in [-0.05, 0) is 34.2 Å². The molecule has 86 valence electrons. The summed E-state index contributed by atoms with van der Waals surface area (Å²) in [6.07, 6.45) is 1.58. The van der Waals surface area contributed by atoms with E-state index >= 15 is 0 Å². The van der Waals surface area contributed by atoms with E-state index in [0.29, 0.717) is 5.75 Å². The van der Waals surface area contributed by atoms with Crippen molar-refractivity contribution in [1.29, 1.82) is 0 Å². The summed E-state index contributed by atoms with van der Waals surface area (Å²) in [5, 5.41) is 14.5. The van der Waals surface area contributed by atoms with Gasteiger partial charge in [-0.15, -0.1) is 0 Å². The molecule has 2 aromatic rings. The Morgan fingerprint density at radius 3 is 3.06 bits per heavy atom. The SMILES string of the molecule is Nc1nnnn1/N=C\c1ccc2c(c1)OCO2. The van der Waals surface area contributed by atoms with E-state index in [1.807, 2.05) is 18.2 Å². The molecule has 0 aliphatic carbocycles. The van der Waals surface area contributed by atoms with Gasteiger partial charge in [-0.25, -0.2) is 0 Å². The van der Waals surface area contributed by atoms with Crippen LogP contribution in [0.3, 0.4) is 0 Å². The highest BCUT2D eigenvalue weighted by Crippen LogP contribution is 2.31. The Morgan fingerprint density at radius 1 is 1.35 bits per heavy atom. The summed E-state index contributed by atoms with van der Waals surface area (Å²) in [6.45, 7) is 0.246. The molecule has 2 heterocycles. The molecule has 1 aliphatic heterocycles. The van der Waals surface area contributed by atoms with Gasteiger partial charge in [0.1, 0.15) is 0 Å². The fraction of sp³-hybridized carbons (Fsp3) is 0.111. The fourth-order valence-electron chi connectivity index (χ4n) is 1.39. The van der Waals surface area contributed by atoms with Crippen LogP contribution in [0.25, 0.3) is 0 Å². The van der Waals surface area contributed by atoms with Crippen LogP contribution in [0.4, 0.5) is 5.95 Å². The Labute approximate surface area is 95.6 Å². The molecular weight excluding hydrogens is 224 g/mol. The summed E-state index contributed by atoms with van der Waals surface area (Å²) in [7, 11) is 0. The highest BCUT2D eigenvalue weighted by atomic mass is 16.7. The molecule has 0 amide bonds. The first-order valence-electron chi connectivity index (χ1n) is 4.81. The van der Waals surface area contributed by atoms with Crippen molar-refractivity contribution in [3.8, 4) is 11.5 Å². The number of hydrogen-bond acceptors (Lipinski definition) is 7. The van der Waals surface area contributed by atoms with Gasteiger partial charge in [0, 0.05) is 0 Å². The molecule has 1 aromatic carbocycles. The van der Waals surface area contributed by atoms with E-state index in [1.54, 1.807) is 6.21 Å². The molecule has 1 aliphatic rings. The minimum Gasteiger partial charge on any atom is -0.454 e. The van der Waals surface area contributed by atoms with Crippen LogP contribution in [0.5, 0.6) is 11.5 Å². The van der Waals surface area contributed by atoms with Gasteiger partial charge in [0.25, 0.3) is 5.95 Å². The molecule has 1 aromatic heterocycles. The predicted molar refractivity (Wildman–Crippen MR) is 57.8 cm³/mol. The zero-order valence-electron chi connectivity index (χ0n) is 8.65. The van der Waals surface area contributed by atoms with Crippen molar-refractivity contribution < 1.29 is 9.47 Å². The molecule has 0 unspecified atom stereocenters. The van der Waals surface area contributed by atoms with E-state index in [1.165, 1.54) is 0 Å². The number of nitrogens with zero attached hydrogens (tertiary/aromatic N) is 5. The largest absolute Gasteiger partial charge is 0.454 e. The zero-order valence-corrected chi connectivity index (χ0v) is 8.65. The van der Waals surface area contributed by atoms with Crippen LogP contribution in [-0.4, -0.2) is 33.3 Å². The summed E-state index contributed by atoms with van der Waals surface area (Å²) < 4.78 is 10.4. The van der Waals surface area contributed by atoms with Gasteiger partial charge in [0.15, 0.2) is 11.5 Å². The molecule has 0 atom stereocenters. The molecule has 0 saturated heterocycles. The number of aromatic nitrogens is 4. The predicted octanol–water partition coefficient (Wildman–Crippen LogP) is -0.134. The van der Waals surface area contributed by atoms with Gasteiger partial charge in [-0.2, -0.15) is 5.10 Å². The first-order valence-corrected chi connectivity index (χ1v) is 4.81. The second kappa shape index (κ2) is 3.74. The summed E-state index contributed by atoms with van der Waals surface area (Å²) in [5.74, 6) is 1.55. The Bertz CT molecular complexity index is 579. The van der Waals surface area contributed by atoms with E-state index in [0.717, 1.165) is 16.1 Å². The third-order valence-electron chi connectivity index (χ3n) is 2.19. The normalized spacial score (nSPS) is 13.4. The van der Waals surface area contributed by atoms with Crippen molar-refractivity contribution >= 4 is 12.2 Å². The number of benzene rings is 1. The van der Waals surface area contributed by atoms with E-state index in [4.69, 9.17) is 15.2 Å². The van der Waals surface area contributed by atoms with Gasteiger partial charge in [-0.1, -0.05) is 9.89 Å². The van der Waals surface area contributed by atoms with Gasteiger partial charge in [-0.3, -0.25) is 0 Å². The van der Waals surface area contributed by atoms with Crippen LogP contribution < -0.4 is 15.2 Å². The highest BCUT2D eigenvalue weighted by molar-refractivity contribution is 5.80. The number of nitrogens with two attached hydrogens (primary N) is 1. The molecule has 2 N–H and O–H groups in total. The summed E-state index contributed by atoms with van der Waals surface area (Å²) >= 11 is 0. The second-order valence-electron chi connectivity index (χ2n) is 3.28. The van der Waals surface area contributed by atoms with Gasteiger partial charge >= 0.3 is 0 Å². The minimum absolute atomic E-state index is 0.127. The lowest BCUT2D eigenvalue weighted by Gasteiger charge is -1.97. The molecular formula is C9H8N6O2. The van der Waals surface area contributed by atoms with Gasteiger partial charge in [0.05, 0.1) is 6.21 Å². The van der Waals surface area contributed by atoms with Gasteiger partial charge < -0.3 is 15.2 Å². The number of anilines is 1. The number of rotatable bonds is 2. The first-order chi connectivity index (χ1) is 8.33. The Morgan fingerprint density at radius 2 is 2.24 bits per heavy atom. The van der Waals surface area contributed by atoms with Crippen molar-refractivity contribution in [2.75, 3.05) is 12.5 Å². The Balaban J connectivity index is 1.86. The lowest BCUT2D eigenvalue weighted by molar-refractivity contribution is 0.174. The fourth-order valence-corrected chi connectivity index (χ4v) is 1.39. The molecule has 3 rings (SSSR count). The highest BCUT2D eigenvalue weighted by Gasteiger charge is 2.12. The van der Waals surface area contributed by atoms with E-state index < -0.39 is 0 Å². The summed E-state index contributed by atoms with van der Waals surface area (Å²) in [4.78, 5) is 1.13. The zero-order chi connectivity index (χ0) is 11.7. The van der Waals surface area contributed by atoms with Crippen LogP contribution in [0, 0.1) is 0 Å². The van der Waals surface area contributed by atoms with Crippen LogP contribution in [-0.2, 0) is 0 Å². The average molecular weight is 232 g/mol. The van der Waals surface area contributed by atoms with Crippen molar-refractivity contribution in [2.24, 2.45) is 5.10 Å². The molecule has 0 saturated carbocycles. The summed E-state index contributed by atoms with van der Waals surface area (Å²) in [5.41, 5.74) is 6.30. The van der Waals surface area contributed by atoms with Crippen molar-refractivity contribution in [3.63, 3.8) is 0 Å². The maximum Gasteiger partial charge on any atom is 0.263 e. The number of ether oxygens (including phenoxy) is 2. The number of tetrazole rings is 1. The quantitative estimate of drug-likeness (QED) is 0.723. The first kappa shape index (κ1) is 9.58. The standard InChI is InChI=1S/C9H8N6O2/c10-9-12-13-14-15(9)11-4-6-1-2-7-8(3-6)17-5-16-7/h1-4H,5H2,(H2,10,12,14)/b11-4-. The third-order valence-corrected chi connectivity index (χ3v) is 2.19. The monoisotopic (exact) mass is 232 g/mol. The topological polar surface area (TPSA) is 100 Å². The Kier molecular flexibility index (Phi) is 2.11. The van der Waals surface area contributed by atoms with E-state index in [2.05, 4.69) is 20.6 Å². The Hall–Kier alpha value is -2.64. The molecule has 8 heteroatoms. The minimum atomic E-state index is 0.127. The maximum absolute atomic E-state index is 5.46. The smallest absolute Gasteiger partial charge is 0.263 e. The summed E-state index contributed by atoms with van der Waals surface area (Å²) in [6, 6.07) is 5.47. The molecule has 0 spiro atoms. The molecule has 8 nitrogen and oxygen atoms in total. The maximum atomic E-state index is 5.46. The molecule has 0 bridgehead atoms. The van der Waals surface area contributed by atoms with Crippen molar-refractivity contribution in [1.82, 2.24) is 20.3 Å². The number of fused-ring (bicyclic) bond motifs is 1. The van der Waals surface area contributed by atoms with Crippen LogP contribution >= 0.6 is 0 Å². The second-order valence-corrected chi connectivity index (χ2v) is 3.28. The molecule has 17 heavy (non-hydrogen) atoms. The van der Waals surface area contributed by atoms with Crippen molar-refractivity contribution in [3.05, 3.63) is 23.8 Å². The van der Waals surface area contributed by atoms with Crippen molar-refractivity contribution in [2.45, 2.75) is 0 Å². The lowest BCUT2D eigenvalue weighted by Crippen LogP contribution is -1.99. The van der Waals surface area contributed by atoms with E-state index in [9.17, 15) is 0 Å². The average Bonchev–Trinajstić information content (AvgIpc) is 2.94. The molecule has 0 radical (unpaired) electrons. The van der Waals surface area contributed by atoms with Gasteiger partial charge in [0.2, 0.25) is 6.79 Å². The van der Waals surface area contributed by atoms with E-state index in [-0.39, 0.29) is 12.7 Å². The number of hydrogen-bond donors (Lipinski definition) is 1. The van der Waals surface area contributed by atoms with Crippen LogP contribution in [0.2, 0.25) is 0 Å². The lowest BCUT2D eigenvalue weighted by atomic mass is 10.2. The molecule has 0 fully saturated rings. The van der Waals surface area contributed by atoms with Crippen LogP contribution in [0.15, 0.2) is 23.3 Å². The third kappa shape index (κ3) is 1.75. The number of nitrogen functional groups attached to an aromatic ring is 1. The van der Waals surface area contributed by atoms with Crippen LogP contribution in [0.1, 0.15) is 5.56 Å².